The van der Waals surface area contributed by atoms with Crippen LogP contribution in [0.3, 0.4) is 0 Å². The molecule has 1 unspecified atom stereocenters. The van der Waals surface area contributed by atoms with Crippen molar-refractivity contribution in [2.24, 2.45) is 0 Å². The molecule has 0 aromatic carbocycles. The van der Waals surface area contributed by atoms with Gasteiger partial charge in [-0.25, -0.2) is 0 Å². The molecule has 0 spiro atoms. The molecule has 0 bridgehead atoms. The Labute approximate surface area is 62.9 Å². The van der Waals surface area contributed by atoms with Gasteiger partial charge in [0.15, 0.2) is 0 Å². The van der Waals surface area contributed by atoms with Gasteiger partial charge in [-0.1, -0.05) is 6.08 Å². The molecule has 0 aromatic heterocycles. The van der Waals surface area contributed by atoms with Gasteiger partial charge in [0.05, 0.1) is 6.61 Å². The molecular weight excluding hydrogens is 126 g/mol. The quantitative estimate of drug-likeness (QED) is 0.542. The van der Waals surface area contributed by atoms with E-state index in [1.54, 1.807) is 0 Å². The summed E-state index contributed by atoms with van der Waals surface area (Å²) in [6, 6.07) is 0.491. The summed E-state index contributed by atoms with van der Waals surface area (Å²) in [6.07, 6.45) is 4.06. The molecule has 0 rings (SSSR count). The lowest BCUT2D eigenvalue weighted by Crippen LogP contribution is -2.28. The lowest BCUT2D eigenvalue weighted by molar-refractivity contribution is 0.284. The van der Waals surface area contributed by atoms with Crippen molar-refractivity contribution in [3.05, 3.63) is 12.7 Å². The molecule has 0 radical (unpaired) electrons. The van der Waals surface area contributed by atoms with Crippen molar-refractivity contribution in [3.8, 4) is 0 Å². The molecule has 0 aliphatic carbocycles. The second-order valence-electron chi connectivity index (χ2n) is 2.44. The minimum absolute atomic E-state index is 0.221. The highest BCUT2D eigenvalue weighted by Crippen LogP contribution is 1.95. The Morgan fingerprint density at radius 2 is 2.40 bits per heavy atom. The summed E-state index contributed by atoms with van der Waals surface area (Å²) in [4.78, 5) is 0. The average Bonchev–Trinajstić information content (AvgIpc) is 1.97. The second kappa shape index (κ2) is 6.78. The molecule has 0 aliphatic heterocycles. The van der Waals surface area contributed by atoms with Crippen LogP contribution in [0.15, 0.2) is 12.7 Å². The van der Waals surface area contributed by atoms with E-state index in [2.05, 4.69) is 18.8 Å². The van der Waals surface area contributed by atoms with Crippen LogP contribution in [0.1, 0.15) is 19.8 Å². The minimum Gasteiger partial charge on any atom is -0.395 e. The van der Waals surface area contributed by atoms with E-state index in [1.807, 2.05) is 6.08 Å². The van der Waals surface area contributed by atoms with Gasteiger partial charge in [0.25, 0.3) is 0 Å². The van der Waals surface area contributed by atoms with Crippen molar-refractivity contribution < 1.29 is 5.11 Å². The molecule has 2 heteroatoms. The van der Waals surface area contributed by atoms with E-state index in [-0.39, 0.29) is 6.61 Å². The smallest absolute Gasteiger partial charge is 0.0556 e. The maximum absolute atomic E-state index is 8.46. The van der Waals surface area contributed by atoms with Gasteiger partial charge in [-0.15, -0.1) is 6.58 Å². The van der Waals surface area contributed by atoms with E-state index >= 15 is 0 Å². The van der Waals surface area contributed by atoms with Gasteiger partial charge in [0.2, 0.25) is 0 Å². The van der Waals surface area contributed by atoms with E-state index in [0.29, 0.717) is 12.6 Å². The normalized spacial score (nSPS) is 13.0. The number of rotatable bonds is 6. The van der Waals surface area contributed by atoms with Crippen molar-refractivity contribution >= 4 is 0 Å². The zero-order valence-corrected chi connectivity index (χ0v) is 6.64. The first-order chi connectivity index (χ1) is 4.81. The van der Waals surface area contributed by atoms with E-state index in [0.717, 1.165) is 12.8 Å². The Kier molecular flexibility index (Phi) is 6.55. The van der Waals surface area contributed by atoms with Crippen molar-refractivity contribution in [3.63, 3.8) is 0 Å². The van der Waals surface area contributed by atoms with Gasteiger partial charge in [0.1, 0.15) is 0 Å². The average molecular weight is 143 g/mol. The number of allylic oxidation sites excluding steroid dienone is 1. The first-order valence-corrected chi connectivity index (χ1v) is 3.76. The molecule has 0 heterocycles. The third kappa shape index (κ3) is 5.79. The Bertz CT molecular complexity index is 83.3. The van der Waals surface area contributed by atoms with Crippen LogP contribution in [0, 0.1) is 0 Å². The molecule has 0 saturated heterocycles. The van der Waals surface area contributed by atoms with Crippen LogP contribution in [0.5, 0.6) is 0 Å². The Balaban J connectivity index is 3.07. The van der Waals surface area contributed by atoms with E-state index in [4.69, 9.17) is 5.11 Å². The zero-order valence-electron chi connectivity index (χ0n) is 6.64. The SMILES string of the molecule is C=CCCC(C)NCCO. The van der Waals surface area contributed by atoms with Gasteiger partial charge < -0.3 is 10.4 Å². The Morgan fingerprint density at radius 3 is 2.90 bits per heavy atom. The van der Waals surface area contributed by atoms with E-state index in [1.165, 1.54) is 0 Å². The van der Waals surface area contributed by atoms with Gasteiger partial charge >= 0.3 is 0 Å². The molecule has 0 saturated carbocycles. The van der Waals surface area contributed by atoms with Crippen molar-refractivity contribution in [1.82, 2.24) is 5.32 Å². The van der Waals surface area contributed by atoms with Gasteiger partial charge in [-0.05, 0) is 19.8 Å². The standard InChI is InChI=1S/C8H17NO/c1-3-4-5-8(2)9-6-7-10/h3,8-10H,1,4-7H2,2H3. The minimum atomic E-state index is 0.221. The van der Waals surface area contributed by atoms with Crippen LogP contribution < -0.4 is 5.32 Å². The van der Waals surface area contributed by atoms with Crippen molar-refractivity contribution in [2.45, 2.75) is 25.8 Å². The van der Waals surface area contributed by atoms with E-state index < -0.39 is 0 Å². The Morgan fingerprint density at radius 1 is 1.70 bits per heavy atom. The van der Waals surface area contributed by atoms with Gasteiger partial charge in [-0.2, -0.15) is 0 Å². The summed E-state index contributed by atoms with van der Waals surface area (Å²) in [6.45, 7) is 6.66. The number of nitrogens with one attached hydrogen (secondary N) is 1. The van der Waals surface area contributed by atoms with Crippen LogP contribution in [0.2, 0.25) is 0 Å². The maximum Gasteiger partial charge on any atom is 0.0556 e. The summed E-state index contributed by atoms with van der Waals surface area (Å²) in [7, 11) is 0. The predicted octanol–water partition coefficient (Wildman–Crippen LogP) is 0.923. The lowest BCUT2D eigenvalue weighted by atomic mass is 10.2. The molecule has 0 fully saturated rings. The van der Waals surface area contributed by atoms with Crippen molar-refractivity contribution in [1.29, 1.82) is 0 Å². The van der Waals surface area contributed by atoms with Crippen LogP contribution in [-0.2, 0) is 0 Å². The summed E-state index contributed by atoms with van der Waals surface area (Å²) in [5.74, 6) is 0. The molecule has 0 aromatic rings. The fraction of sp³-hybridized carbons (Fsp3) is 0.750. The third-order valence-corrected chi connectivity index (χ3v) is 1.41. The topological polar surface area (TPSA) is 32.3 Å². The summed E-state index contributed by atoms with van der Waals surface area (Å²) < 4.78 is 0. The van der Waals surface area contributed by atoms with Crippen LogP contribution in [-0.4, -0.2) is 24.3 Å². The van der Waals surface area contributed by atoms with Gasteiger partial charge in [0, 0.05) is 12.6 Å². The summed E-state index contributed by atoms with van der Waals surface area (Å²) in [5.41, 5.74) is 0. The van der Waals surface area contributed by atoms with Crippen molar-refractivity contribution in [2.75, 3.05) is 13.2 Å². The molecule has 0 aliphatic rings. The molecule has 1 atom stereocenters. The fourth-order valence-corrected chi connectivity index (χ4v) is 0.781. The molecule has 60 valence electrons. The Hall–Kier alpha value is -0.340. The molecule has 2 N–H and O–H groups in total. The zero-order chi connectivity index (χ0) is 7.82. The van der Waals surface area contributed by atoms with Crippen LogP contribution >= 0.6 is 0 Å². The number of hydrogen-bond acceptors (Lipinski definition) is 2. The van der Waals surface area contributed by atoms with Gasteiger partial charge in [-0.3, -0.25) is 0 Å². The second-order valence-corrected chi connectivity index (χ2v) is 2.44. The third-order valence-electron chi connectivity index (χ3n) is 1.41. The number of aliphatic hydroxyl groups is 1. The summed E-state index contributed by atoms with van der Waals surface area (Å²) >= 11 is 0. The predicted molar refractivity (Wildman–Crippen MR) is 44.0 cm³/mol. The molecular formula is C8H17NO. The summed E-state index contributed by atoms with van der Waals surface area (Å²) in [5, 5.41) is 11.6. The molecule has 2 nitrogen and oxygen atoms in total. The lowest BCUT2D eigenvalue weighted by Gasteiger charge is -2.10. The highest BCUT2D eigenvalue weighted by Gasteiger charge is 1.96. The largest absolute Gasteiger partial charge is 0.395 e. The van der Waals surface area contributed by atoms with Crippen LogP contribution in [0.4, 0.5) is 0 Å². The highest BCUT2D eigenvalue weighted by molar-refractivity contribution is 4.70. The first kappa shape index (κ1) is 9.66. The molecule has 10 heavy (non-hydrogen) atoms. The maximum atomic E-state index is 8.46. The highest BCUT2D eigenvalue weighted by atomic mass is 16.3. The number of hydrogen-bond donors (Lipinski definition) is 2. The fourth-order valence-electron chi connectivity index (χ4n) is 0.781. The number of aliphatic hydroxyl groups excluding tert-OH is 1. The monoisotopic (exact) mass is 143 g/mol. The molecule has 0 amide bonds. The first-order valence-electron chi connectivity index (χ1n) is 3.76. The van der Waals surface area contributed by atoms with E-state index in [9.17, 15) is 0 Å². The van der Waals surface area contributed by atoms with Crippen LogP contribution in [0.25, 0.3) is 0 Å².